The van der Waals surface area contributed by atoms with E-state index in [9.17, 15) is 14.3 Å². The van der Waals surface area contributed by atoms with Gasteiger partial charge < -0.3 is 29.0 Å². The molecule has 0 aliphatic carbocycles. The Bertz CT molecular complexity index is 1330. The molecule has 2 aliphatic rings. The van der Waals surface area contributed by atoms with Crippen molar-refractivity contribution in [1.82, 2.24) is 9.88 Å². The standard InChI is InChI=1S/C30H34FN3O6/c1-30(2,3)40-29(36)34-17-19-15-33(16-20(19)18-34)22-13-26(28(35)37-4)27(32-14-22)39-24-10-8-23(9-11-24)38-25-7-5-6-21(31)12-25/h5-14,19-20,29,36H,15-18H2,1-4H3. The molecule has 2 fully saturated rings. The lowest BCUT2D eigenvalue weighted by Crippen LogP contribution is -2.42. The summed E-state index contributed by atoms with van der Waals surface area (Å²) in [5.74, 6) is 1.26. The largest absolute Gasteiger partial charge is 0.465 e. The number of rotatable bonds is 8. The number of pyridine rings is 1. The van der Waals surface area contributed by atoms with E-state index < -0.39 is 18.0 Å². The zero-order valence-corrected chi connectivity index (χ0v) is 23.0. The van der Waals surface area contributed by atoms with Gasteiger partial charge in [-0.3, -0.25) is 4.90 Å². The van der Waals surface area contributed by atoms with E-state index in [1.54, 1.807) is 48.7 Å². The minimum Gasteiger partial charge on any atom is -0.465 e. The third-order valence-corrected chi connectivity index (χ3v) is 6.96. The van der Waals surface area contributed by atoms with Gasteiger partial charge in [0.2, 0.25) is 12.3 Å². The molecule has 0 bridgehead atoms. The van der Waals surface area contributed by atoms with Crippen molar-refractivity contribution in [3.05, 3.63) is 72.2 Å². The van der Waals surface area contributed by atoms with E-state index in [0.29, 0.717) is 29.1 Å². The van der Waals surface area contributed by atoms with Crippen LogP contribution in [0.4, 0.5) is 10.1 Å². The van der Waals surface area contributed by atoms with E-state index in [1.807, 2.05) is 25.7 Å². The average molecular weight is 552 g/mol. The molecular formula is C30H34FN3O6. The number of hydrogen-bond acceptors (Lipinski definition) is 9. The minimum atomic E-state index is -0.926. The fourth-order valence-electron chi connectivity index (χ4n) is 5.12. The highest BCUT2D eigenvalue weighted by molar-refractivity contribution is 5.93. The van der Waals surface area contributed by atoms with Crippen molar-refractivity contribution in [2.24, 2.45) is 11.8 Å². The van der Waals surface area contributed by atoms with Gasteiger partial charge >= 0.3 is 5.97 Å². The van der Waals surface area contributed by atoms with Crippen LogP contribution in [0.1, 0.15) is 31.1 Å². The van der Waals surface area contributed by atoms with E-state index in [4.69, 9.17) is 18.9 Å². The SMILES string of the molecule is COC(=O)c1cc(N2CC3CN(C(O)OC(C)(C)C)CC3C2)cnc1Oc1ccc(Oc2cccc(F)c2)cc1. The number of aliphatic hydroxyl groups is 1. The zero-order chi connectivity index (χ0) is 28.4. The van der Waals surface area contributed by atoms with Crippen LogP contribution in [-0.4, -0.2) is 66.3 Å². The van der Waals surface area contributed by atoms with Gasteiger partial charge in [-0.05, 0) is 75.1 Å². The van der Waals surface area contributed by atoms with Crippen LogP contribution >= 0.6 is 0 Å². The van der Waals surface area contributed by atoms with E-state index >= 15 is 0 Å². The molecule has 2 aliphatic heterocycles. The number of halogens is 1. The number of nitrogens with zero attached hydrogens (tertiary/aromatic N) is 3. The molecule has 5 rings (SSSR count). The van der Waals surface area contributed by atoms with Crippen molar-refractivity contribution >= 4 is 11.7 Å². The molecule has 0 amide bonds. The second-order valence-electron chi connectivity index (χ2n) is 11.1. The van der Waals surface area contributed by atoms with Crippen LogP contribution < -0.4 is 14.4 Å². The second-order valence-corrected chi connectivity index (χ2v) is 11.1. The molecule has 3 atom stereocenters. The maximum absolute atomic E-state index is 13.4. The molecular weight excluding hydrogens is 517 g/mol. The number of carbonyl (C=O) groups excluding carboxylic acids is 1. The van der Waals surface area contributed by atoms with Gasteiger partial charge in [-0.1, -0.05) is 6.07 Å². The van der Waals surface area contributed by atoms with Crippen LogP contribution in [0.2, 0.25) is 0 Å². The van der Waals surface area contributed by atoms with Gasteiger partial charge in [0.25, 0.3) is 0 Å². The van der Waals surface area contributed by atoms with Crippen LogP contribution in [0.25, 0.3) is 0 Å². The molecule has 212 valence electrons. The maximum Gasteiger partial charge on any atom is 0.343 e. The van der Waals surface area contributed by atoms with Crippen molar-refractivity contribution in [3.63, 3.8) is 0 Å². The monoisotopic (exact) mass is 551 g/mol. The first kappa shape index (κ1) is 27.8. The van der Waals surface area contributed by atoms with E-state index in [2.05, 4.69) is 9.88 Å². The van der Waals surface area contributed by atoms with Crippen molar-refractivity contribution in [1.29, 1.82) is 0 Å². The summed E-state index contributed by atoms with van der Waals surface area (Å²) in [6, 6.07) is 14.3. The Balaban J connectivity index is 1.25. The molecule has 9 nitrogen and oxygen atoms in total. The predicted molar refractivity (Wildman–Crippen MR) is 146 cm³/mol. The number of hydrogen-bond donors (Lipinski definition) is 1. The third-order valence-electron chi connectivity index (χ3n) is 6.96. The van der Waals surface area contributed by atoms with Crippen LogP contribution in [-0.2, 0) is 9.47 Å². The normalized spacial score (nSPS) is 19.8. The summed E-state index contributed by atoms with van der Waals surface area (Å²) >= 11 is 0. The van der Waals surface area contributed by atoms with Gasteiger partial charge in [0, 0.05) is 32.2 Å². The number of carbonyl (C=O) groups is 1. The molecule has 3 unspecified atom stereocenters. The molecule has 3 heterocycles. The number of fused-ring (bicyclic) bond motifs is 1. The van der Waals surface area contributed by atoms with Crippen molar-refractivity contribution < 1.29 is 33.2 Å². The third kappa shape index (κ3) is 6.52. The second kappa shape index (κ2) is 11.4. The Hall–Kier alpha value is -3.73. The topological polar surface area (TPSA) is 93.6 Å². The molecule has 1 N–H and O–H groups in total. The number of methoxy groups -OCH3 is 1. The van der Waals surface area contributed by atoms with Crippen LogP contribution in [0.5, 0.6) is 23.1 Å². The highest BCUT2D eigenvalue weighted by atomic mass is 19.1. The lowest BCUT2D eigenvalue weighted by molar-refractivity contribution is -0.235. The summed E-state index contributed by atoms with van der Waals surface area (Å²) in [5.41, 5.74) is 0.591. The lowest BCUT2D eigenvalue weighted by atomic mass is 10.0. The smallest absolute Gasteiger partial charge is 0.343 e. The first-order valence-corrected chi connectivity index (χ1v) is 13.2. The van der Waals surface area contributed by atoms with E-state index in [-0.39, 0.29) is 17.3 Å². The van der Waals surface area contributed by atoms with Crippen LogP contribution in [0, 0.1) is 17.7 Å². The van der Waals surface area contributed by atoms with Gasteiger partial charge in [0.05, 0.1) is 24.6 Å². The Labute approximate surface area is 233 Å². The number of ether oxygens (including phenoxy) is 4. The minimum absolute atomic E-state index is 0.127. The van der Waals surface area contributed by atoms with Gasteiger partial charge in [-0.15, -0.1) is 0 Å². The molecule has 0 radical (unpaired) electrons. The quantitative estimate of drug-likeness (QED) is 0.305. The maximum atomic E-state index is 13.4. The Morgan fingerprint density at radius 1 is 0.975 bits per heavy atom. The van der Waals surface area contributed by atoms with Crippen LogP contribution in [0.15, 0.2) is 60.8 Å². The molecule has 0 spiro atoms. The first-order chi connectivity index (χ1) is 19.1. The van der Waals surface area contributed by atoms with Crippen molar-refractivity contribution in [2.45, 2.75) is 32.8 Å². The summed E-state index contributed by atoms with van der Waals surface area (Å²) in [7, 11) is 1.32. The molecule has 3 aromatic rings. The summed E-state index contributed by atoms with van der Waals surface area (Å²) in [6.45, 7) is 8.79. The highest BCUT2D eigenvalue weighted by Crippen LogP contribution is 2.37. The number of likely N-dealkylation sites (tertiary alicyclic amines) is 1. The van der Waals surface area contributed by atoms with Crippen LogP contribution in [0.3, 0.4) is 0 Å². The Kier molecular flexibility index (Phi) is 7.93. The van der Waals surface area contributed by atoms with Crippen molar-refractivity contribution in [3.8, 4) is 23.1 Å². The predicted octanol–water partition coefficient (Wildman–Crippen LogP) is 5.05. The molecule has 2 aromatic carbocycles. The summed E-state index contributed by atoms with van der Waals surface area (Å²) in [6.07, 6.45) is 0.768. The number of aromatic nitrogens is 1. The average Bonchev–Trinajstić information content (AvgIpc) is 3.49. The summed E-state index contributed by atoms with van der Waals surface area (Å²) in [5, 5.41) is 10.5. The Morgan fingerprint density at radius 2 is 1.62 bits per heavy atom. The first-order valence-electron chi connectivity index (χ1n) is 13.2. The fourth-order valence-corrected chi connectivity index (χ4v) is 5.12. The molecule has 10 heteroatoms. The van der Waals surface area contributed by atoms with Gasteiger partial charge in [-0.25, -0.2) is 14.2 Å². The summed E-state index contributed by atoms with van der Waals surface area (Å²) < 4.78 is 35.8. The number of esters is 1. The fraction of sp³-hybridized carbons (Fsp3) is 0.400. The Morgan fingerprint density at radius 3 is 2.23 bits per heavy atom. The van der Waals surface area contributed by atoms with Gasteiger partial charge in [0.1, 0.15) is 28.6 Å². The molecule has 0 saturated carbocycles. The molecule has 2 saturated heterocycles. The van der Waals surface area contributed by atoms with Gasteiger partial charge in [0.15, 0.2) is 0 Å². The molecule has 40 heavy (non-hydrogen) atoms. The molecule has 1 aromatic heterocycles. The number of anilines is 1. The zero-order valence-electron chi connectivity index (χ0n) is 23.0. The summed E-state index contributed by atoms with van der Waals surface area (Å²) in [4.78, 5) is 21.3. The number of benzene rings is 2. The van der Waals surface area contributed by atoms with Crippen molar-refractivity contribution in [2.75, 3.05) is 38.2 Å². The number of aliphatic hydroxyl groups excluding tert-OH is 1. The lowest BCUT2D eigenvalue weighted by Gasteiger charge is -2.31. The highest BCUT2D eigenvalue weighted by Gasteiger charge is 2.43. The van der Waals surface area contributed by atoms with E-state index in [1.165, 1.54) is 19.2 Å². The van der Waals surface area contributed by atoms with Gasteiger partial charge in [-0.2, -0.15) is 0 Å². The van der Waals surface area contributed by atoms with E-state index in [0.717, 1.165) is 31.9 Å².